The second kappa shape index (κ2) is 24.8. The van der Waals surface area contributed by atoms with Crippen LogP contribution in [-0.2, 0) is 15.9 Å². The Labute approximate surface area is 259 Å². The van der Waals surface area contributed by atoms with Crippen LogP contribution in [-0.4, -0.2) is 48.3 Å². The molecule has 4 rings (SSSR count). The zero-order valence-corrected chi connectivity index (χ0v) is 29.2. The summed E-state index contributed by atoms with van der Waals surface area (Å²) in [6.45, 7) is -0.559. The Balaban J connectivity index is 0.000000249. The summed E-state index contributed by atoms with van der Waals surface area (Å²) in [7, 11) is 9.90. The zero-order valence-electron chi connectivity index (χ0n) is 24.3. The minimum absolute atomic E-state index is 0.106. The van der Waals surface area contributed by atoms with Crippen molar-refractivity contribution >= 4 is 34.9 Å². The van der Waals surface area contributed by atoms with E-state index in [4.69, 9.17) is 19.1 Å². The van der Waals surface area contributed by atoms with Crippen molar-refractivity contribution in [2.24, 2.45) is 0 Å². The van der Waals surface area contributed by atoms with E-state index in [-0.39, 0.29) is 45.1 Å². The van der Waals surface area contributed by atoms with E-state index in [2.05, 4.69) is 12.2 Å². The number of hydrogen-bond donors (Lipinski definition) is 0. The Morgan fingerprint density at radius 1 is 0.462 bits per heavy atom. The van der Waals surface area contributed by atoms with Gasteiger partial charge in [0.25, 0.3) is 0 Å². The van der Waals surface area contributed by atoms with Gasteiger partial charge in [-0.2, -0.15) is 0 Å². The van der Waals surface area contributed by atoms with Crippen LogP contribution in [0.5, 0.6) is 0 Å². The normalized spacial score (nSPS) is 22.8. The number of alkyl halides is 2. The van der Waals surface area contributed by atoms with Crippen LogP contribution in [0.25, 0.3) is 0 Å². The van der Waals surface area contributed by atoms with E-state index < -0.39 is 0 Å². The van der Waals surface area contributed by atoms with Crippen molar-refractivity contribution in [1.29, 1.82) is 0 Å². The molecular formula is C32H56Cl2F2P2Pd. The molecule has 4 fully saturated rings. The predicted molar refractivity (Wildman–Crippen MR) is 173 cm³/mol. The monoisotopic (exact) mass is 716 g/mol. The third-order valence-electron chi connectivity index (χ3n) is 9.32. The fourth-order valence-electron chi connectivity index (χ4n) is 7.36. The standard InChI is InChI=1S/2C16H28FP.2ClH.Pd/c2*17-13-7-8-14-18(15-9-3-1-4-10-15)16-11-5-2-6-12-16;;;/h2*7-8,15-16H,1-6,9-14H2;2*1H;/q;;;;+2/p-2. The fourth-order valence-corrected chi connectivity index (χ4v) is 14.6. The van der Waals surface area contributed by atoms with Gasteiger partial charge in [-0.15, -0.1) is 0 Å². The van der Waals surface area contributed by atoms with Gasteiger partial charge in [0.05, 0.1) is 0 Å². The first-order chi connectivity index (χ1) is 19.2. The van der Waals surface area contributed by atoms with Gasteiger partial charge in [-0.25, -0.2) is 8.78 Å². The summed E-state index contributed by atoms with van der Waals surface area (Å²) in [5, 5.41) is 0. The van der Waals surface area contributed by atoms with Gasteiger partial charge in [0.2, 0.25) is 0 Å². The molecule has 0 spiro atoms. The molecule has 0 aromatic carbocycles. The van der Waals surface area contributed by atoms with E-state index >= 15 is 0 Å². The van der Waals surface area contributed by atoms with Gasteiger partial charge in [-0.05, 0) is 86.3 Å². The first-order valence-electron chi connectivity index (χ1n) is 16.0. The molecule has 0 heterocycles. The molecule has 0 aliphatic heterocycles. The topological polar surface area (TPSA) is 0 Å². The van der Waals surface area contributed by atoms with Crippen molar-refractivity contribution in [3.63, 3.8) is 0 Å². The van der Waals surface area contributed by atoms with Crippen LogP contribution in [0.4, 0.5) is 8.78 Å². The van der Waals surface area contributed by atoms with Crippen molar-refractivity contribution in [3.05, 3.63) is 24.3 Å². The van der Waals surface area contributed by atoms with Crippen LogP contribution in [0, 0.1) is 0 Å². The van der Waals surface area contributed by atoms with Gasteiger partial charge in [0.1, 0.15) is 13.3 Å². The Hall–Kier alpha value is 1.44. The molecule has 0 aromatic heterocycles. The third-order valence-corrected chi connectivity index (χ3v) is 16.4. The maximum atomic E-state index is 12.2. The summed E-state index contributed by atoms with van der Waals surface area (Å²) in [6, 6.07) is 0. The molecule has 39 heavy (non-hydrogen) atoms. The van der Waals surface area contributed by atoms with Crippen LogP contribution >= 0.6 is 34.9 Å². The average Bonchev–Trinajstić information content (AvgIpc) is 3.00. The Morgan fingerprint density at radius 3 is 0.897 bits per heavy atom. The molecule has 0 aromatic rings. The molecule has 0 saturated heterocycles. The molecule has 0 N–H and O–H groups in total. The van der Waals surface area contributed by atoms with E-state index in [1.165, 1.54) is 141 Å². The molecule has 0 nitrogen and oxygen atoms in total. The SMILES string of the molecule is FCC=CCP(C1CCCCC1)C1CCCCC1.FCC=CCP(C1CCCCC1)C1CCCCC1.[Cl][Pd][Cl]. The van der Waals surface area contributed by atoms with Gasteiger partial charge in [-0.1, -0.05) is 117 Å². The van der Waals surface area contributed by atoms with Crippen molar-refractivity contribution in [1.82, 2.24) is 0 Å². The molecule has 0 bridgehead atoms. The van der Waals surface area contributed by atoms with Gasteiger partial charge in [-0.3, -0.25) is 0 Å². The van der Waals surface area contributed by atoms with Crippen molar-refractivity contribution in [3.8, 4) is 0 Å². The zero-order chi connectivity index (χ0) is 28.0. The summed E-state index contributed by atoms with van der Waals surface area (Å²) in [5.74, 6) is 0. The van der Waals surface area contributed by atoms with Gasteiger partial charge >= 0.3 is 35.0 Å². The van der Waals surface area contributed by atoms with Crippen molar-refractivity contribution in [2.75, 3.05) is 25.7 Å². The van der Waals surface area contributed by atoms with E-state index in [9.17, 15) is 8.78 Å². The van der Waals surface area contributed by atoms with Gasteiger partial charge in [0.15, 0.2) is 0 Å². The molecule has 0 atom stereocenters. The van der Waals surface area contributed by atoms with Gasteiger partial charge < -0.3 is 0 Å². The van der Waals surface area contributed by atoms with Crippen LogP contribution in [0.3, 0.4) is 0 Å². The first kappa shape index (κ1) is 36.6. The van der Waals surface area contributed by atoms with E-state index in [0.717, 1.165) is 22.6 Å². The fraction of sp³-hybridized carbons (Fsp3) is 0.875. The van der Waals surface area contributed by atoms with Crippen molar-refractivity contribution in [2.45, 2.75) is 151 Å². The molecule has 0 amide bonds. The van der Waals surface area contributed by atoms with Gasteiger partial charge in [0, 0.05) is 0 Å². The minimum atomic E-state index is -0.279. The van der Waals surface area contributed by atoms with Crippen LogP contribution in [0.1, 0.15) is 128 Å². The van der Waals surface area contributed by atoms with Crippen molar-refractivity contribution < 1.29 is 24.7 Å². The first-order valence-corrected chi connectivity index (χ1v) is 23.3. The molecule has 0 unspecified atom stereocenters. The summed E-state index contributed by atoms with van der Waals surface area (Å²) in [6.07, 6.45) is 39.3. The molecule has 4 aliphatic rings. The summed E-state index contributed by atoms with van der Waals surface area (Å²) >= 11 is -0.106. The summed E-state index contributed by atoms with van der Waals surface area (Å²) in [4.78, 5) is 0. The quantitative estimate of drug-likeness (QED) is 0.120. The van der Waals surface area contributed by atoms with Crippen LogP contribution in [0.2, 0.25) is 0 Å². The third kappa shape index (κ3) is 15.6. The molecule has 7 heteroatoms. The maximum absolute atomic E-state index is 12.2. The molecule has 4 aliphatic carbocycles. The van der Waals surface area contributed by atoms with Crippen LogP contribution in [0.15, 0.2) is 24.3 Å². The van der Waals surface area contributed by atoms with E-state index in [1.54, 1.807) is 12.2 Å². The number of hydrogen-bond acceptors (Lipinski definition) is 0. The summed E-state index contributed by atoms with van der Waals surface area (Å²) in [5.41, 5.74) is 4.00. The Bertz CT molecular complexity index is 527. The predicted octanol–water partition coefficient (Wildman–Crippen LogP) is 12.7. The molecular weight excluding hydrogens is 662 g/mol. The second-order valence-electron chi connectivity index (χ2n) is 11.9. The average molecular weight is 718 g/mol. The second-order valence-corrected chi connectivity index (χ2v) is 19.9. The van der Waals surface area contributed by atoms with E-state index in [0.29, 0.717) is 0 Å². The molecule has 4 saturated carbocycles. The summed E-state index contributed by atoms with van der Waals surface area (Å²) < 4.78 is 24.5. The Kier molecular flexibility index (Phi) is 23.3. The number of rotatable bonds is 10. The number of halogens is 4. The number of allylic oxidation sites excluding steroid dienone is 4. The van der Waals surface area contributed by atoms with Crippen LogP contribution < -0.4 is 0 Å². The molecule has 232 valence electrons. The Morgan fingerprint density at radius 2 is 0.692 bits per heavy atom. The van der Waals surface area contributed by atoms with E-state index in [1.807, 2.05) is 0 Å². The molecule has 0 radical (unpaired) electrons.